The minimum absolute atomic E-state index is 0.0308. The molecule has 0 fully saturated rings. The fraction of sp³-hybridized carbons (Fsp3) is 0.158. The Morgan fingerprint density at radius 1 is 1.25 bits per heavy atom. The zero-order valence-electron chi connectivity index (χ0n) is 15.0. The van der Waals surface area contributed by atoms with Crippen LogP contribution in [0, 0.1) is 17.0 Å². The van der Waals surface area contributed by atoms with Crippen LogP contribution in [0.3, 0.4) is 0 Å². The van der Waals surface area contributed by atoms with E-state index in [1.54, 1.807) is 35.7 Å². The van der Waals surface area contributed by atoms with Gasteiger partial charge in [0.1, 0.15) is 11.4 Å². The quantitative estimate of drug-likeness (QED) is 0.378. The molecule has 0 radical (unpaired) electrons. The van der Waals surface area contributed by atoms with Crippen molar-refractivity contribution in [3.05, 3.63) is 69.5 Å². The van der Waals surface area contributed by atoms with Crippen molar-refractivity contribution in [1.29, 1.82) is 0 Å². The summed E-state index contributed by atoms with van der Waals surface area (Å²) in [5.74, 6) is -1.28. The predicted octanol–water partition coefficient (Wildman–Crippen LogP) is 2.86. The van der Waals surface area contributed by atoms with Crippen molar-refractivity contribution in [3.63, 3.8) is 0 Å². The van der Waals surface area contributed by atoms with E-state index in [4.69, 9.17) is 14.6 Å². The van der Waals surface area contributed by atoms with Crippen LogP contribution in [0.1, 0.15) is 21.6 Å². The Balaban J connectivity index is 2.13. The predicted molar refractivity (Wildman–Crippen MR) is 98.3 cm³/mol. The number of rotatable bonds is 7. The highest BCUT2D eigenvalue weighted by atomic mass is 16.6. The summed E-state index contributed by atoms with van der Waals surface area (Å²) in [7, 11) is 1.28. The van der Waals surface area contributed by atoms with Crippen LogP contribution >= 0.6 is 0 Å². The number of carboxylic acid groups (broad SMARTS) is 1. The number of carbonyl (C=O) groups excluding carboxylic acids is 1. The van der Waals surface area contributed by atoms with Crippen LogP contribution in [0.25, 0.3) is 5.52 Å². The van der Waals surface area contributed by atoms with E-state index < -0.39 is 23.3 Å². The maximum atomic E-state index is 13.2. The van der Waals surface area contributed by atoms with Crippen LogP contribution < -0.4 is 9.47 Å². The van der Waals surface area contributed by atoms with Crippen LogP contribution in [0.15, 0.2) is 42.6 Å². The number of hydrogen-bond donors (Lipinski definition) is 1. The fourth-order valence-corrected chi connectivity index (χ4v) is 3.01. The van der Waals surface area contributed by atoms with Crippen LogP contribution in [0.4, 0.5) is 5.69 Å². The van der Waals surface area contributed by atoms with Crippen molar-refractivity contribution in [3.8, 4) is 11.5 Å². The summed E-state index contributed by atoms with van der Waals surface area (Å²) < 4.78 is 12.0. The van der Waals surface area contributed by atoms with Crippen LogP contribution in [0.2, 0.25) is 0 Å². The fourth-order valence-electron chi connectivity index (χ4n) is 3.01. The van der Waals surface area contributed by atoms with Crippen LogP contribution in [-0.4, -0.2) is 39.9 Å². The van der Waals surface area contributed by atoms with Crippen LogP contribution in [-0.2, 0) is 4.79 Å². The highest BCUT2D eigenvalue weighted by Gasteiger charge is 2.25. The third-order valence-corrected chi connectivity index (χ3v) is 4.22. The first kappa shape index (κ1) is 18.9. The lowest BCUT2D eigenvalue weighted by Crippen LogP contribution is -2.10. The summed E-state index contributed by atoms with van der Waals surface area (Å²) in [5.41, 5.74) is 1.22. The highest BCUT2D eigenvalue weighted by Crippen LogP contribution is 2.34. The van der Waals surface area contributed by atoms with Gasteiger partial charge < -0.3 is 19.0 Å². The number of aliphatic carboxylic acids is 1. The second-order valence-corrected chi connectivity index (χ2v) is 5.91. The van der Waals surface area contributed by atoms with E-state index in [1.807, 2.05) is 0 Å². The van der Waals surface area contributed by atoms with E-state index in [1.165, 1.54) is 25.3 Å². The van der Waals surface area contributed by atoms with Gasteiger partial charge in [0, 0.05) is 23.4 Å². The molecule has 1 aromatic carbocycles. The molecule has 0 atom stereocenters. The molecular formula is C19H16N2O7. The molecule has 0 aliphatic carbocycles. The number of benzene rings is 1. The van der Waals surface area contributed by atoms with Crippen LogP contribution in [0.5, 0.6) is 11.5 Å². The van der Waals surface area contributed by atoms with Gasteiger partial charge in [-0.3, -0.25) is 14.9 Å². The van der Waals surface area contributed by atoms with Gasteiger partial charge in [0.15, 0.2) is 12.4 Å². The molecule has 1 N–H and O–H groups in total. The molecule has 144 valence electrons. The number of carboxylic acids is 1. The molecule has 9 heteroatoms. The first-order valence-electron chi connectivity index (χ1n) is 8.16. The number of methoxy groups -OCH3 is 1. The molecule has 0 saturated carbocycles. The van der Waals surface area contributed by atoms with Gasteiger partial charge in [-0.25, -0.2) is 4.79 Å². The second-order valence-electron chi connectivity index (χ2n) is 5.91. The Morgan fingerprint density at radius 2 is 2.00 bits per heavy atom. The minimum atomic E-state index is -1.14. The number of aromatic nitrogens is 1. The van der Waals surface area contributed by atoms with E-state index in [-0.39, 0.29) is 22.7 Å². The number of nitro groups is 1. The molecule has 0 saturated heterocycles. The molecular weight excluding hydrogens is 368 g/mol. The molecule has 0 unspecified atom stereocenters. The SMILES string of the molecule is COc1cc(C(=O)c2c(C)c(OCC(=O)O)c3ccccn23)ccc1[N+](=O)[O-]. The van der Waals surface area contributed by atoms with E-state index in [2.05, 4.69) is 0 Å². The highest BCUT2D eigenvalue weighted by molar-refractivity contribution is 6.10. The van der Waals surface area contributed by atoms with Crippen molar-refractivity contribution in [2.75, 3.05) is 13.7 Å². The van der Waals surface area contributed by atoms with Gasteiger partial charge in [-0.15, -0.1) is 0 Å². The van der Waals surface area contributed by atoms with Crippen molar-refractivity contribution in [2.45, 2.75) is 6.92 Å². The molecule has 0 bridgehead atoms. The molecule has 0 aliphatic heterocycles. The first-order chi connectivity index (χ1) is 13.3. The Morgan fingerprint density at radius 3 is 2.64 bits per heavy atom. The smallest absolute Gasteiger partial charge is 0.341 e. The Bertz CT molecular complexity index is 1100. The lowest BCUT2D eigenvalue weighted by atomic mass is 10.0. The van der Waals surface area contributed by atoms with Gasteiger partial charge in [0.05, 0.1) is 17.5 Å². The van der Waals surface area contributed by atoms with Gasteiger partial charge in [0.2, 0.25) is 5.78 Å². The molecule has 0 aliphatic rings. The largest absolute Gasteiger partial charge is 0.490 e. The maximum absolute atomic E-state index is 13.2. The summed E-state index contributed by atoms with van der Waals surface area (Å²) in [5, 5.41) is 20.0. The lowest BCUT2D eigenvalue weighted by molar-refractivity contribution is -0.385. The monoisotopic (exact) mass is 384 g/mol. The average Bonchev–Trinajstić information content (AvgIpc) is 2.96. The number of ketones is 1. The molecule has 3 rings (SSSR count). The van der Waals surface area contributed by atoms with Gasteiger partial charge in [0.25, 0.3) is 0 Å². The van der Waals surface area contributed by atoms with Gasteiger partial charge in [-0.2, -0.15) is 0 Å². The normalized spacial score (nSPS) is 10.6. The summed E-state index contributed by atoms with van der Waals surface area (Å²) in [6.07, 6.45) is 1.66. The lowest BCUT2D eigenvalue weighted by Gasteiger charge is -2.06. The number of fused-ring (bicyclic) bond motifs is 1. The molecule has 28 heavy (non-hydrogen) atoms. The van der Waals surface area contributed by atoms with E-state index in [0.29, 0.717) is 16.8 Å². The average molecular weight is 384 g/mol. The summed E-state index contributed by atoms with van der Waals surface area (Å²) >= 11 is 0. The molecule has 2 aromatic heterocycles. The Labute approximate surface area is 158 Å². The molecule has 0 amide bonds. The van der Waals surface area contributed by atoms with E-state index in [0.717, 1.165) is 0 Å². The molecule has 9 nitrogen and oxygen atoms in total. The van der Waals surface area contributed by atoms with E-state index in [9.17, 15) is 19.7 Å². The summed E-state index contributed by atoms with van der Waals surface area (Å²) in [6.45, 7) is 1.11. The number of nitrogens with zero attached hydrogens (tertiary/aromatic N) is 2. The van der Waals surface area contributed by atoms with Crippen molar-refractivity contribution >= 4 is 23.0 Å². The summed E-state index contributed by atoms with van der Waals surface area (Å²) in [4.78, 5) is 34.5. The van der Waals surface area contributed by atoms with Gasteiger partial charge >= 0.3 is 11.7 Å². The molecule has 0 spiro atoms. The number of hydrogen-bond acceptors (Lipinski definition) is 6. The Hall–Kier alpha value is -3.88. The minimum Gasteiger partial charge on any atom is -0.490 e. The van der Waals surface area contributed by atoms with Crippen molar-refractivity contribution < 1.29 is 29.1 Å². The van der Waals surface area contributed by atoms with Gasteiger partial charge in [-0.05, 0) is 31.2 Å². The summed E-state index contributed by atoms with van der Waals surface area (Å²) in [6, 6.07) is 9.03. The van der Waals surface area contributed by atoms with E-state index >= 15 is 0 Å². The third-order valence-electron chi connectivity index (χ3n) is 4.22. The Kier molecular flexibility index (Phi) is 4.99. The van der Waals surface area contributed by atoms with Gasteiger partial charge in [-0.1, -0.05) is 6.07 Å². The number of carbonyl (C=O) groups is 2. The molecule has 3 aromatic rings. The number of pyridine rings is 1. The second kappa shape index (κ2) is 7.39. The van der Waals surface area contributed by atoms with Crippen molar-refractivity contribution in [1.82, 2.24) is 4.40 Å². The topological polar surface area (TPSA) is 120 Å². The van der Waals surface area contributed by atoms with Crippen molar-refractivity contribution in [2.24, 2.45) is 0 Å². The standard InChI is InChI=1S/C19H16N2O7/c1-11-17(18(24)12-6-7-13(21(25)26)15(9-12)27-2)20-8-4-3-5-14(20)19(11)28-10-16(22)23/h3-9H,10H2,1-2H3,(H,22,23). The maximum Gasteiger partial charge on any atom is 0.341 e. The number of nitro benzene ring substituents is 1. The third kappa shape index (κ3) is 3.25. The zero-order chi connectivity index (χ0) is 20.4. The number of ether oxygens (including phenoxy) is 2. The zero-order valence-corrected chi connectivity index (χ0v) is 15.0. The first-order valence-corrected chi connectivity index (χ1v) is 8.16. The molecule has 2 heterocycles.